The normalized spacial score (nSPS) is 11.4. The quantitative estimate of drug-likeness (QED) is 0.177. The van der Waals surface area contributed by atoms with Crippen LogP contribution < -0.4 is 4.90 Å². The number of anilines is 1. The van der Waals surface area contributed by atoms with Crippen LogP contribution >= 0.6 is 0 Å². The molecule has 0 radical (unpaired) electrons. The standard InChI is InChI=1S/C26H30N6O3/c1-4-19-17-23(29-27-21-9-13-25(14-10-21)32(34)35)18-20(5-2)26(19)30-28-22-7-11-24(12-8-22)31(6-3)15-16-33/h7-14,17-18,33H,4-6,15-16H2,1-3H3. The van der Waals surface area contributed by atoms with Gasteiger partial charge in [0, 0.05) is 30.9 Å². The minimum Gasteiger partial charge on any atom is -0.395 e. The molecule has 0 amide bonds. The molecule has 0 aliphatic rings. The average Bonchev–Trinajstić information content (AvgIpc) is 2.89. The summed E-state index contributed by atoms with van der Waals surface area (Å²) in [5.41, 5.74) is 5.91. The number of benzene rings is 3. The molecule has 0 heterocycles. The molecule has 0 aliphatic heterocycles. The minimum atomic E-state index is -0.444. The van der Waals surface area contributed by atoms with E-state index < -0.39 is 4.92 Å². The van der Waals surface area contributed by atoms with Crippen molar-refractivity contribution in [3.63, 3.8) is 0 Å². The zero-order valence-electron chi connectivity index (χ0n) is 20.3. The van der Waals surface area contributed by atoms with Gasteiger partial charge in [0.2, 0.25) is 0 Å². The highest BCUT2D eigenvalue weighted by Gasteiger charge is 2.10. The first-order chi connectivity index (χ1) is 17.0. The van der Waals surface area contributed by atoms with Crippen molar-refractivity contribution in [2.45, 2.75) is 33.6 Å². The van der Waals surface area contributed by atoms with Gasteiger partial charge in [0.1, 0.15) is 0 Å². The highest BCUT2D eigenvalue weighted by Crippen LogP contribution is 2.33. The Morgan fingerprint density at radius 3 is 1.80 bits per heavy atom. The number of non-ortho nitro benzene ring substituents is 1. The van der Waals surface area contributed by atoms with E-state index in [0.717, 1.165) is 47.6 Å². The Morgan fingerprint density at radius 1 is 0.800 bits per heavy atom. The summed E-state index contributed by atoms with van der Waals surface area (Å²) < 4.78 is 0. The number of hydrogen-bond acceptors (Lipinski definition) is 8. The Bertz CT molecular complexity index is 1170. The van der Waals surface area contributed by atoms with Crippen LogP contribution in [0.5, 0.6) is 0 Å². The summed E-state index contributed by atoms with van der Waals surface area (Å²) in [6.45, 7) is 7.68. The van der Waals surface area contributed by atoms with Crippen molar-refractivity contribution in [1.82, 2.24) is 0 Å². The summed E-state index contributed by atoms with van der Waals surface area (Å²) in [7, 11) is 0. The lowest BCUT2D eigenvalue weighted by Gasteiger charge is -2.21. The minimum absolute atomic E-state index is 0.0164. The summed E-state index contributed by atoms with van der Waals surface area (Å²) in [6.07, 6.45) is 1.52. The molecule has 3 rings (SSSR count). The van der Waals surface area contributed by atoms with Gasteiger partial charge in [0.25, 0.3) is 5.69 Å². The highest BCUT2D eigenvalue weighted by atomic mass is 16.6. The molecule has 0 atom stereocenters. The molecule has 0 aromatic heterocycles. The monoisotopic (exact) mass is 474 g/mol. The van der Waals surface area contributed by atoms with E-state index in [2.05, 4.69) is 46.1 Å². The molecule has 0 saturated carbocycles. The second-order valence-electron chi connectivity index (χ2n) is 7.81. The van der Waals surface area contributed by atoms with Crippen molar-refractivity contribution in [2.75, 3.05) is 24.6 Å². The number of nitro benzene ring substituents is 1. The Hall–Kier alpha value is -3.98. The van der Waals surface area contributed by atoms with Gasteiger partial charge < -0.3 is 10.0 Å². The third-order valence-electron chi connectivity index (χ3n) is 5.59. The van der Waals surface area contributed by atoms with Crippen LogP contribution in [0.25, 0.3) is 0 Å². The molecule has 0 saturated heterocycles. The predicted octanol–water partition coefficient (Wildman–Crippen LogP) is 7.37. The summed E-state index contributed by atoms with van der Waals surface area (Å²) >= 11 is 0. The lowest BCUT2D eigenvalue weighted by molar-refractivity contribution is -0.384. The Balaban J connectivity index is 1.82. The van der Waals surface area contributed by atoms with E-state index in [0.29, 0.717) is 17.9 Å². The van der Waals surface area contributed by atoms with Gasteiger partial charge in [-0.1, -0.05) is 13.8 Å². The first-order valence-corrected chi connectivity index (χ1v) is 11.7. The maximum Gasteiger partial charge on any atom is 0.269 e. The maximum atomic E-state index is 10.8. The fraction of sp³-hybridized carbons (Fsp3) is 0.308. The van der Waals surface area contributed by atoms with Gasteiger partial charge in [-0.15, -0.1) is 5.11 Å². The smallest absolute Gasteiger partial charge is 0.269 e. The second-order valence-corrected chi connectivity index (χ2v) is 7.81. The van der Waals surface area contributed by atoms with Gasteiger partial charge in [-0.25, -0.2) is 0 Å². The highest BCUT2D eigenvalue weighted by molar-refractivity contribution is 5.61. The number of rotatable bonds is 11. The van der Waals surface area contributed by atoms with E-state index in [1.165, 1.54) is 12.1 Å². The number of aryl methyl sites for hydroxylation is 2. The summed E-state index contributed by atoms with van der Waals surface area (Å²) in [6, 6.07) is 17.6. The zero-order chi connectivity index (χ0) is 25.2. The molecule has 0 aliphatic carbocycles. The fourth-order valence-corrected chi connectivity index (χ4v) is 3.65. The van der Waals surface area contributed by atoms with E-state index in [4.69, 9.17) is 0 Å². The molecule has 3 aromatic carbocycles. The molecule has 0 bridgehead atoms. The van der Waals surface area contributed by atoms with Crippen LogP contribution in [0.1, 0.15) is 31.9 Å². The Kier molecular flexibility index (Phi) is 9.14. The summed E-state index contributed by atoms with van der Waals surface area (Å²) in [4.78, 5) is 12.5. The van der Waals surface area contributed by atoms with Gasteiger partial charge in [0.15, 0.2) is 0 Å². The number of aliphatic hydroxyl groups is 1. The number of nitro groups is 1. The zero-order valence-corrected chi connectivity index (χ0v) is 20.3. The Morgan fingerprint density at radius 2 is 1.31 bits per heavy atom. The van der Waals surface area contributed by atoms with Crippen LogP contribution in [0.4, 0.5) is 34.1 Å². The number of azo groups is 2. The van der Waals surface area contributed by atoms with E-state index in [1.807, 2.05) is 36.4 Å². The van der Waals surface area contributed by atoms with Crippen LogP contribution in [-0.2, 0) is 12.8 Å². The van der Waals surface area contributed by atoms with Crippen molar-refractivity contribution < 1.29 is 10.0 Å². The largest absolute Gasteiger partial charge is 0.395 e. The molecule has 0 unspecified atom stereocenters. The topological polar surface area (TPSA) is 116 Å². The molecular weight excluding hydrogens is 444 g/mol. The van der Waals surface area contributed by atoms with Gasteiger partial charge in [-0.05, 0) is 79.4 Å². The molecule has 182 valence electrons. The van der Waals surface area contributed by atoms with Crippen LogP contribution in [0.2, 0.25) is 0 Å². The van der Waals surface area contributed by atoms with Crippen LogP contribution in [0.3, 0.4) is 0 Å². The van der Waals surface area contributed by atoms with E-state index in [1.54, 1.807) is 12.1 Å². The molecule has 35 heavy (non-hydrogen) atoms. The lowest BCUT2D eigenvalue weighted by Crippen LogP contribution is -2.25. The van der Waals surface area contributed by atoms with Crippen molar-refractivity contribution in [1.29, 1.82) is 0 Å². The maximum absolute atomic E-state index is 10.8. The van der Waals surface area contributed by atoms with E-state index >= 15 is 0 Å². The second kappa shape index (κ2) is 12.5. The number of likely N-dealkylation sites (N-methyl/N-ethyl adjacent to an activating group) is 1. The van der Waals surface area contributed by atoms with Gasteiger partial charge in [-0.3, -0.25) is 10.1 Å². The third kappa shape index (κ3) is 6.77. The number of hydrogen-bond donors (Lipinski definition) is 1. The molecule has 3 aromatic rings. The number of nitrogens with zero attached hydrogens (tertiary/aromatic N) is 6. The fourth-order valence-electron chi connectivity index (χ4n) is 3.65. The van der Waals surface area contributed by atoms with Crippen LogP contribution in [0.15, 0.2) is 81.1 Å². The average molecular weight is 475 g/mol. The van der Waals surface area contributed by atoms with Crippen LogP contribution in [0, 0.1) is 10.1 Å². The predicted molar refractivity (Wildman–Crippen MR) is 138 cm³/mol. The summed E-state index contributed by atoms with van der Waals surface area (Å²) in [5, 5.41) is 37.6. The molecule has 0 spiro atoms. The lowest BCUT2D eigenvalue weighted by atomic mass is 10.0. The van der Waals surface area contributed by atoms with Crippen molar-refractivity contribution in [3.8, 4) is 0 Å². The van der Waals surface area contributed by atoms with Crippen molar-refractivity contribution >= 4 is 34.1 Å². The van der Waals surface area contributed by atoms with Crippen molar-refractivity contribution in [3.05, 3.63) is 81.9 Å². The SMILES string of the molecule is CCc1cc(N=Nc2ccc([N+](=O)[O-])cc2)cc(CC)c1N=Nc1ccc(N(CC)CCO)cc1. The molecule has 9 nitrogen and oxygen atoms in total. The number of aliphatic hydroxyl groups excluding tert-OH is 1. The van der Waals surface area contributed by atoms with Crippen LogP contribution in [-0.4, -0.2) is 29.7 Å². The first kappa shape index (κ1) is 25.6. The van der Waals surface area contributed by atoms with Gasteiger partial charge in [0.05, 0.1) is 34.3 Å². The van der Waals surface area contributed by atoms with Gasteiger partial charge >= 0.3 is 0 Å². The molecule has 1 N–H and O–H groups in total. The van der Waals surface area contributed by atoms with E-state index in [9.17, 15) is 15.2 Å². The first-order valence-electron chi connectivity index (χ1n) is 11.7. The third-order valence-corrected chi connectivity index (χ3v) is 5.59. The van der Waals surface area contributed by atoms with E-state index in [-0.39, 0.29) is 12.3 Å². The molecule has 0 fully saturated rings. The summed E-state index contributed by atoms with van der Waals surface area (Å²) in [5.74, 6) is 0. The van der Waals surface area contributed by atoms with Crippen molar-refractivity contribution in [2.24, 2.45) is 20.5 Å². The van der Waals surface area contributed by atoms with Gasteiger partial charge in [-0.2, -0.15) is 15.3 Å². The molecular formula is C26H30N6O3. The Labute approximate surface area is 205 Å². The molecule has 9 heteroatoms.